The lowest BCUT2D eigenvalue weighted by Crippen LogP contribution is -2.15. The molecule has 0 saturated heterocycles. The number of carbonyl (C=O) groups is 1. The van der Waals surface area contributed by atoms with E-state index in [1.54, 1.807) is 0 Å². The second-order valence-electron chi connectivity index (χ2n) is 7.00. The SMILES string of the molecule is O=C1C[C@H](c2ccccc2)C(CCc2ccc(F)cc2)c2ccccc2O1. The molecule has 0 saturated carbocycles. The van der Waals surface area contributed by atoms with Crippen molar-refractivity contribution in [1.29, 1.82) is 0 Å². The van der Waals surface area contributed by atoms with Crippen LogP contribution in [0.5, 0.6) is 5.75 Å². The van der Waals surface area contributed by atoms with Crippen LogP contribution in [-0.4, -0.2) is 5.97 Å². The number of halogens is 1. The van der Waals surface area contributed by atoms with E-state index in [2.05, 4.69) is 18.2 Å². The molecule has 3 aromatic rings. The molecule has 0 bridgehead atoms. The van der Waals surface area contributed by atoms with Gasteiger partial charge < -0.3 is 4.74 Å². The Hall–Kier alpha value is -2.94. The average Bonchev–Trinajstić information content (AvgIpc) is 2.84. The van der Waals surface area contributed by atoms with Gasteiger partial charge in [0.05, 0.1) is 6.42 Å². The standard InChI is InChI=1S/C24H21FO2/c25-19-13-10-17(11-14-19)12-15-20-21-8-4-5-9-23(21)27-24(26)16-22(20)18-6-2-1-3-7-18/h1-11,13-14,20,22H,12,15-16H2/t20?,22-/m1/s1. The lowest BCUT2D eigenvalue weighted by atomic mass is 9.77. The maximum atomic E-state index is 13.2. The highest BCUT2D eigenvalue weighted by atomic mass is 19.1. The fourth-order valence-electron chi connectivity index (χ4n) is 3.96. The Morgan fingerprint density at radius 1 is 0.889 bits per heavy atom. The van der Waals surface area contributed by atoms with Gasteiger partial charge in [0.1, 0.15) is 11.6 Å². The maximum absolute atomic E-state index is 13.2. The first-order valence-electron chi connectivity index (χ1n) is 9.30. The van der Waals surface area contributed by atoms with E-state index in [1.807, 2.05) is 48.5 Å². The van der Waals surface area contributed by atoms with Crippen molar-refractivity contribution in [2.75, 3.05) is 0 Å². The highest BCUT2D eigenvalue weighted by Crippen LogP contribution is 2.44. The van der Waals surface area contributed by atoms with Gasteiger partial charge in [0, 0.05) is 5.92 Å². The zero-order valence-electron chi connectivity index (χ0n) is 15.0. The molecule has 0 N–H and O–H groups in total. The van der Waals surface area contributed by atoms with Gasteiger partial charge in [-0.25, -0.2) is 4.39 Å². The predicted octanol–water partition coefficient (Wildman–Crippen LogP) is 5.64. The minimum atomic E-state index is -0.222. The fourth-order valence-corrected chi connectivity index (χ4v) is 3.96. The zero-order chi connectivity index (χ0) is 18.6. The van der Waals surface area contributed by atoms with Crippen molar-refractivity contribution in [2.45, 2.75) is 31.1 Å². The monoisotopic (exact) mass is 360 g/mol. The summed E-state index contributed by atoms with van der Waals surface area (Å²) < 4.78 is 18.8. The van der Waals surface area contributed by atoms with E-state index in [1.165, 1.54) is 12.1 Å². The normalized spacial score (nSPS) is 19.1. The number of ether oxygens (including phenoxy) is 1. The van der Waals surface area contributed by atoms with E-state index in [4.69, 9.17) is 4.74 Å². The van der Waals surface area contributed by atoms with Crippen LogP contribution in [0.2, 0.25) is 0 Å². The van der Waals surface area contributed by atoms with Crippen LogP contribution in [0.4, 0.5) is 4.39 Å². The Morgan fingerprint density at radius 3 is 2.37 bits per heavy atom. The summed E-state index contributed by atoms with van der Waals surface area (Å²) >= 11 is 0. The molecular formula is C24H21FO2. The summed E-state index contributed by atoms with van der Waals surface area (Å²) in [6, 6.07) is 24.6. The molecule has 0 amide bonds. The van der Waals surface area contributed by atoms with E-state index in [0.717, 1.165) is 29.5 Å². The van der Waals surface area contributed by atoms with Crippen molar-refractivity contribution >= 4 is 5.97 Å². The third-order valence-corrected chi connectivity index (χ3v) is 5.30. The fraction of sp³-hybridized carbons (Fsp3) is 0.208. The Kier molecular flexibility index (Phi) is 5.01. The van der Waals surface area contributed by atoms with Crippen LogP contribution >= 0.6 is 0 Å². The lowest BCUT2D eigenvalue weighted by molar-refractivity contribution is -0.134. The number of aryl methyl sites for hydroxylation is 1. The molecule has 1 heterocycles. The maximum Gasteiger partial charge on any atom is 0.311 e. The first-order valence-corrected chi connectivity index (χ1v) is 9.30. The zero-order valence-corrected chi connectivity index (χ0v) is 15.0. The van der Waals surface area contributed by atoms with Crippen LogP contribution in [0.25, 0.3) is 0 Å². The average molecular weight is 360 g/mol. The first-order chi connectivity index (χ1) is 13.2. The summed E-state index contributed by atoms with van der Waals surface area (Å²) in [5, 5.41) is 0. The van der Waals surface area contributed by atoms with Gasteiger partial charge in [-0.2, -0.15) is 0 Å². The van der Waals surface area contributed by atoms with Crippen molar-refractivity contribution in [3.05, 3.63) is 101 Å². The Labute approximate surface area is 158 Å². The van der Waals surface area contributed by atoms with Crippen LogP contribution in [0.1, 0.15) is 41.4 Å². The molecule has 1 unspecified atom stereocenters. The van der Waals surface area contributed by atoms with E-state index in [-0.39, 0.29) is 23.6 Å². The summed E-state index contributed by atoms with van der Waals surface area (Å²) in [7, 11) is 0. The Morgan fingerprint density at radius 2 is 1.59 bits per heavy atom. The molecular weight excluding hydrogens is 339 g/mol. The molecule has 0 fully saturated rings. The van der Waals surface area contributed by atoms with Crippen LogP contribution in [0.15, 0.2) is 78.9 Å². The highest BCUT2D eigenvalue weighted by molar-refractivity contribution is 5.75. The molecule has 27 heavy (non-hydrogen) atoms. The predicted molar refractivity (Wildman–Crippen MR) is 103 cm³/mol. The molecule has 2 atom stereocenters. The highest BCUT2D eigenvalue weighted by Gasteiger charge is 2.33. The number of hydrogen-bond acceptors (Lipinski definition) is 2. The van der Waals surface area contributed by atoms with Gasteiger partial charge in [-0.15, -0.1) is 0 Å². The van der Waals surface area contributed by atoms with E-state index < -0.39 is 0 Å². The molecule has 3 aromatic carbocycles. The summed E-state index contributed by atoms with van der Waals surface area (Å²) in [5.74, 6) is 0.452. The van der Waals surface area contributed by atoms with E-state index in [9.17, 15) is 9.18 Å². The van der Waals surface area contributed by atoms with Gasteiger partial charge in [0.25, 0.3) is 0 Å². The van der Waals surface area contributed by atoms with Gasteiger partial charge in [-0.3, -0.25) is 4.79 Å². The van der Waals surface area contributed by atoms with Gasteiger partial charge in [0.2, 0.25) is 0 Å². The smallest absolute Gasteiger partial charge is 0.311 e. The molecule has 0 spiro atoms. The van der Waals surface area contributed by atoms with Crippen molar-refractivity contribution in [2.24, 2.45) is 0 Å². The number of para-hydroxylation sites is 1. The summed E-state index contributed by atoms with van der Waals surface area (Å²) in [6.45, 7) is 0. The molecule has 0 aromatic heterocycles. The minimum Gasteiger partial charge on any atom is -0.426 e. The summed E-state index contributed by atoms with van der Waals surface area (Å²) in [4.78, 5) is 12.4. The Balaban J connectivity index is 1.69. The molecule has 4 rings (SSSR count). The molecule has 3 heteroatoms. The largest absolute Gasteiger partial charge is 0.426 e. The van der Waals surface area contributed by atoms with Crippen molar-refractivity contribution < 1.29 is 13.9 Å². The molecule has 2 nitrogen and oxygen atoms in total. The number of carbonyl (C=O) groups excluding carboxylic acids is 1. The van der Waals surface area contributed by atoms with E-state index >= 15 is 0 Å². The first kappa shape index (κ1) is 17.5. The molecule has 0 aliphatic carbocycles. The molecule has 1 aliphatic heterocycles. The third-order valence-electron chi connectivity index (χ3n) is 5.30. The number of benzene rings is 3. The summed E-state index contributed by atoms with van der Waals surface area (Å²) in [6.07, 6.45) is 2.03. The molecule has 136 valence electrons. The third kappa shape index (κ3) is 3.92. The van der Waals surface area contributed by atoms with Gasteiger partial charge in [-0.05, 0) is 53.6 Å². The van der Waals surface area contributed by atoms with Crippen LogP contribution in [0.3, 0.4) is 0 Å². The number of hydrogen-bond donors (Lipinski definition) is 0. The lowest BCUT2D eigenvalue weighted by Gasteiger charge is -2.25. The second-order valence-corrected chi connectivity index (χ2v) is 7.00. The topological polar surface area (TPSA) is 26.3 Å². The van der Waals surface area contributed by atoms with Gasteiger partial charge in [-0.1, -0.05) is 60.7 Å². The molecule has 1 aliphatic rings. The molecule has 0 radical (unpaired) electrons. The minimum absolute atomic E-state index is 0.0581. The van der Waals surface area contributed by atoms with Crippen molar-refractivity contribution in [3.63, 3.8) is 0 Å². The van der Waals surface area contributed by atoms with Crippen LogP contribution in [0, 0.1) is 5.82 Å². The summed E-state index contributed by atoms with van der Waals surface area (Å²) in [5.41, 5.74) is 3.31. The number of fused-ring (bicyclic) bond motifs is 1. The Bertz CT molecular complexity index is 919. The van der Waals surface area contributed by atoms with Crippen molar-refractivity contribution in [1.82, 2.24) is 0 Å². The van der Waals surface area contributed by atoms with Crippen LogP contribution in [-0.2, 0) is 11.2 Å². The van der Waals surface area contributed by atoms with E-state index in [0.29, 0.717) is 12.2 Å². The number of esters is 1. The van der Waals surface area contributed by atoms with Gasteiger partial charge >= 0.3 is 5.97 Å². The second kappa shape index (κ2) is 7.75. The number of rotatable bonds is 4. The van der Waals surface area contributed by atoms with Crippen molar-refractivity contribution in [3.8, 4) is 5.75 Å². The quantitative estimate of drug-likeness (QED) is 0.445. The van der Waals surface area contributed by atoms with Gasteiger partial charge in [0.15, 0.2) is 0 Å². The van der Waals surface area contributed by atoms with Crippen LogP contribution < -0.4 is 4.74 Å².